The Morgan fingerprint density at radius 1 is 1.36 bits per heavy atom. The fraction of sp³-hybridized carbons (Fsp3) is 0.579. The zero-order chi connectivity index (χ0) is 19.6. The summed E-state index contributed by atoms with van der Waals surface area (Å²) in [6, 6.07) is 4.29. The SMILES string of the molecule is CC(C(=O)NC(CN1CCCC1=O)c1cccc(C(F)(F)F)c1)C1CNC1.Cl. The number of carbonyl (C=O) groups is 2. The van der Waals surface area contributed by atoms with Gasteiger partial charge in [-0.2, -0.15) is 13.2 Å². The maximum Gasteiger partial charge on any atom is 0.416 e. The smallest absolute Gasteiger partial charge is 0.347 e. The van der Waals surface area contributed by atoms with Crippen molar-refractivity contribution < 1.29 is 22.8 Å². The first-order valence-corrected chi connectivity index (χ1v) is 9.21. The van der Waals surface area contributed by atoms with Gasteiger partial charge < -0.3 is 15.5 Å². The Balaban J connectivity index is 0.00000280. The largest absolute Gasteiger partial charge is 0.416 e. The molecular formula is C19H25ClF3N3O2. The number of hydrogen-bond donors (Lipinski definition) is 2. The number of alkyl halides is 3. The Bertz CT molecular complexity index is 710. The maximum absolute atomic E-state index is 13.1. The third kappa shape index (κ3) is 5.17. The fourth-order valence-electron chi connectivity index (χ4n) is 3.47. The van der Waals surface area contributed by atoms with Crippen LogP contribution in [-0.4, -0.2) is 42.9 Å². The van der Waals surface area contributed by atoms with Crippen LogP contribution in [0.25, 0.3) is 0 Å². The van der Waals surface area contributed by atoms with Crippen molar-refractivity contribution in [2.24, 2.45) is 11.8 Å². The van der Waals surface area contributed by atoms with Crippen molar-refractivity contribution in [1.82, 2.24) is 15.5 Å². The highest BCUT2D eigenvalue weighted by Crippen LogP contribution is 2.31. The number of likely N-dealkylation sites (tertiary alicyclic amines) is 1. The number of benzene rings is 1. The number of nitrogens with zero attached hydrogens (tertiary/aromatic N) is 1. The van der Waals surface area contributed by atoms with Crippen molar-refractivity contribution in [2.45, 2.75) is 32.0 Å². The van der Waals surface area contributed by atoms with Gasteiger partial charge >= 0.3 is 6.18 Å². The van der Waals surface area contributed by atoms with Crippen LogP contribution < -0.4 is 10.6 Å². The van der Waals surface area contributed by atoms with Crippen LogP contribution in [0.3, 0.4) is 0 Å². The molecule has 2 N–H and O–H groups in total. The summed E-state index contributed by atoms with van der Waals surface area (Å²) in [7, 11) is 0. The first-order chi connectivity index (χ1) is 12.8. The summed E-state index contributed by atoms with van der Waals surface area (Å²) in [5.74, 6) is -0.248. The third-order valence-electron chi connectivity index (χ3n) is 5.44. The predicted molar refractivity (Wildman–Crippen MR) is 101 cm³/mol. The van der Waals surface area contributed by atoms with E-state index in [-0.39, 0.29) is 42.6 Å². The van der Waals surface area contributed by atoms with Gasteiger partial charge in [-0.3, -0.25) is 9.59 Å². The van der Waals surface area contributed by atoms with E-state index in [4.69, 9.17) is 0 Å². The lowest BCUT2D eigenvalue weighted by Crippen LogP contribution is -2.50. The van der Waals surface area contributed by atoms with E-state index in [2.05, 4.69) is 10.6 Å². The van der Waals surface area contributed by atoms with Crippen LogP contribution in [0, 0.1) is 11.8 Å². The van der Waals surface area contributed by atoms with Gasteiger partial charge in [0.1, 0.15) is 0 Å². The van der Waals surface area contributed by atoms with Crippen molar-refractivity contribution in [1.29, 1.82) is 0 Å². The van der Waals surface area contributed by atoms with Crippen molar-refractivity contribution >= 4 is 24.2 Å². The Morgan fingerprint density at radius 2 is 2.07 bits per heavy atom. The van der Waals surface area contributed by atoms with Gasteiger partial charge in [0.05, 0.1) is 11.6 Å². The zero-order valence-electron chi connectivity index (χ0n) is 15.6. The Labute approximate surface area is 168 Å². The predicted octanol–water partition coefficient (Wildman–Crippen LogP) is 2.76. The van der Waals surface area contributed by atoms with Gasteiger partial charge in [-0.15, -0.1) is 12.4 Å². The lowest BCUT2D eigenvalue weighted by Gasteiger charge is -2.33. The third-order valence-corrected chi connectivity index (χ3v) is 5.44. The van der Waals surface area contributed by atoms with E-state index in [0.29, 0.717) is 18.5 Å². The van der Waals surface area contributed by atoms with Gasteiger partial charge in [-0.1, -0.05) is 19.1 Å². The summed E-state index contributed by atoms with van der Waals surface area (Å²) in [4.78, 5) is 26.2. The molecule has 0 spiro atoms. The molecule has 1 aromatic carbocycles. The van der Waals surface area contributed by atoms with E-state index in [1.165, 1.54) is 6.07 Å². The van der Waals surface area contributed by atoms with Crippen LogP contribution >= 0.6 is 12.4 Å². The molecule has 2 heterocycles. The maximum atomic E-state index is 13.1. The summed E-state index contributed by atoms with van der Waals surface area (Å²) in [6.07, 6.45) is -3.29. The average Bonchev–Trinajstić information content (AvgIpc) is 2.97. The number of rotatable bonds is 6. The molecule has 0 bridgehead atoms. The van der Waals surface area contributed by atoms with Crippen molar-refractivity contribution in [3.8, 4) is 0 Å². The van der Waals surface area contributed by atoms with Crippen LogP contribution in [0.5, 0.6) is 0 Å². The molecule has 0 aromatic heterocycles. The first kappa shape index (κ1) is 22.5. The molecule has 1 aromatic rings. The van der Waals surface area contributed by atoms with Crippen LogP contribution in [0.2, 0.25) is 0 Å². The lowest BCUT2D eigenvalue weighted by molar-refractivity contribution is -0.137. The van der Waals surface area contributed by atoms with Gasteiger partial charge in [0.2, 0.25) is 11.8 Å². The summed E-state index contributed by atoms with van der Waals surface area (Å²) in [5, 5.41) is 5.99. The molecule has 0 saturated carbocycles. The average molecular weight is 420 g/mol. The minimum absolute atomic E-state index is 0. The number of halogens is 4. The molecule has 9 heteroatoms. The van der Waals surface area contributed by atoms with E-state index in [9.17, 15) is 22.8 Å². The van der Waals surface area contributed by atoms with Crippen molar-refractivity contribution in [3.05, 3.63) is 35.4 Å². The van der Waals surface area contributed by atoms with E-state index >= 15 is 0 Å². The Morgan fingerprint density at radius 3 is 2.61 bits per heavy atom. The molecule has 0 radical (unpaired) electrons. The van der Waals surface area contributed by atoms with E-state index in [1.807, 2.05) is 6.92 Å². The van der Waals surface area contributed by atoms with Gasteiger partial charge in [0.25, 0.3) is 0 Å². The molecule has 2 aliphatic heterocycles. The quantitative estimate of drug-likeness (QED) is 0.745. The Kier molecular flexibility index (Phi) is 7.33. The minimum Gasteiger partial charge on any atom is -0.347 e. The molecule has 2 atom stereocenters. The normalized spacial score (nSPS) is 19.6. The van der Waals surface area contributed by atoms with E-state index < -0.39 is 17.8 Å². The summed E-state index contributed by atoms with van der Waals surface area (Å²) >= 11 is 0. The van der Waals surface area contributed by atoms with Crippen molar-refractivity contribution in [2.75, 3.05) is 26.2 Å². The molecule has 5 nitrogen and oxygen atoms in total. The molecule has 2 fully saturated rings. The van der Waals surface area contributed by atoms with Gasteiger partial charge in [0.15, 0.2) is 0 Å². The van der Waals surface area contributed by atoms with Gasteiger partial charge in [-0.25, -0.2) is 0 Å². The second-order valence-corrected chi connectivity index (χ2v) is 7.33. The molecular weight excluding hydrogens is 395 g/mol. The molecule has 28 heavy (non-hydrogen) atoms. The number of amides is 2. The first-order valence-electron chi connectivity index (χ1n) is 9.21. The Hall–Kier alpha value is -1.80. The standard InChI is InChI=1S/C19H24F3N3O2.ClH/c1-12(14-9-23-10-14)18(27)24-16(11-25-7-3-6-17(25)26)13-4-2-5-15(8-13)19(20,21)22;/h2,4-5,8,12,14,16,23H,3,6-7,9-11H2,1H3,(H,24,27);1H. The van der Waals surface area contributed by atoms with Crippen LogP contribution in [0.15, 0.2) is 24.3 Å². The number of carbonyl (C=O) groups excluding carboxylic acids is 2. The second kappa shape index (κ2) is 9.13. The topological polar surface area (TPSA) is 61.4 Å². The molecule has 2 aliphatic rings. The molecule has 3 rings (SSSR count). The summed E-state index contributed by atoms with van der Waals surface area (Å²) in [6.45, 7) is 4.08. The van der Waals surface area contributed by atoms with Crippen LogP contribution in [0.4, 0.5) is 13.2 Å². The zero-order valence-corrected chi connectivity index (χ0v) is 16.4. The van der Waals surface area contributed by atoms with E-state index in [1.54, 1.807) is 11.0 Å². The summed E-state index contributed by atoms with van der Waals surface area (Å²) in [5.41, 5.74) is -0.403. The van der Waals surface area contributed by atoms with Crippen LogP contribution in [0.1, 0.15) is 36.9 Å². The summed E-state index contributed by atoms with van der Waals surface area (Å²) < 4.78 is 39.3. The van der Waals surface area contributed by atoms with E-state index in [0.717, 1.165) is 31.6 Å². The highest BCUT2D eigenvalue weighted by molar-refractivity contribution is 5.85. The minimum atomic E-state index is -4.46. The molecule has 2 amide bonds. The highest BCUT2D eigenvalue weighted by atomic mass is 35.5. The van der Waals surface area contributed by atoms with Crippen molar-refractivity contribution in [3.63, 3.8) is 0 Å². The van der Waals surface area contributed by atoms with Crippen LogP contribution in [-0.2, 0) is 15.8 Å². The number of hydrogen-bond acceptors (Lipinski definition) is 3. The fourth-order valence-corrected chi connectivity index (χ4v) is 3.47. The molecule has 0 aliphatic carbocycles. The monoisotopic (exact) mass is 419 g/mol. The molecule has 2 unspecified atom stereocenters. The lowest BCUT2D eigenvalue weighted by atomic mass is 9.88. The highest BCUT2D eigenvalue weighted by Gasteiger charge is 2.34. The molecule has 2 saturated heterocycles. The van der Waals surface area contributed by atoms with Gasteiger partial charge in [0, 0.05) is 25.4 Å². The second-order valence-electron chi connectivity index (χ2n) is 7.33. The number of nitrogens with one attached hydrogen (secondary N) is 2. The molecule has 156 valence electrons. The van der Waals surface area contributed by atoms with Gasteiger partial charge in [-0.05, 0) is 43.1 Å².